The Morgan fingerprint density at radius 2 is 2.25 bits per heavy atom. The highest BCUT2D eigenvalue weighted by Crippen LogP contribution is 2.19. The summed E-state index contributed by atoms with van der Waals surface area (Å²) in [7, 11) is 0. The molecule has 0 aliphatic heterocycles. The summed E-state index contributed by atoms with van der Waals surface area (Å²) < 4.78 is 27.3. The molecule has 66 valence electrons. The second kappa shape index (κ2) is 3.67. The molecular formula is C7H6ClF2NO. The standard InChI is InChI=1S/C7H6ClF2NO/c1-4-3-11-6(2-5(4)8)12-7(9)10/h2-3,7H,1H3. The average molecular weight is 194 g/mol. The van der Waals surface area contributed by atoms with Gasteiger partial charge in [-0.2, -0.15) is 8.78 Å². The molecular weight excluding hydrogens is 188 g/mol. The number of alkyl halides is 2. The Balaban J connectivity index is 2.82. The highest BCUT2D eigenvalue weighted by Gasteiger charge is 2.06. The first-order valence-corrected chi connectivity index (χ1v) is 3.54. The highest BCUT2D eigenvalue weighted by atomic mass is 35.5. The first-order chi connectivity index (χ1) is 5.59. The van der Waals surface area contributed by atoms with Crippen LogP contribution in [0.1, 0.15) is 5.56 Å². The second-order valence-electron chi connectivity index (χ2n) is 2.15. The van der Waals surface area contributed by atoms with Crippen LogP contribution in [0.15, 0.2) is 12.3 Å². The lowest BCUT2D eigenvalue weighted by atomic mass is 10.3. The molecule has 0 fully saturated rings. The molecule has 0 saturated heterocycles. The minimum absolute atomic E-state index is 0.166. The molecule has 0 atom stereocenters. The first kappa shape index (κ1) is 9.19. The van der Waals surface area contributed by atoms with E-state index in [4.69, 9.17) is 11.6 Å². The lowest BCUT2D eigenvalue weighted by Crippen LogP contribution is -2.03. The fourth-order valence-corrected chi connectivity index (χ4v) is 0.779. The zero-order valence-electron chi connectivity index (χ0n) is 6.22. The molecule has 1 rings (SSSR count). The van der Waals surface area contributed by atoms with Crippen molar-refractivity contribution >= 4 is 11.6 Å². The van der Waals surface area contributed by atoms with Gasteiger partial charge in [-0.15, -0.1) is 0 Å². The molecule has 0 aliphatic rings. The van der Waals surface area contributed by atoms with Crippen LogP contribution in [0, 0.1) is 6.92 Å². The van der Waals surface area contributed by atoms with Crippen LogP contribution in [0.4, 0.5) is 8.78 Å². The molecule has 0 amide bonds. The molecule has 0 radical (unpaired) electrons. The lowest BCUT2D eigenvalue weighted by Gasteiger charge is -2.03. The van der Waals surface area contributed by atoms with Gasteiger partial charge in [-0.1, -0.05) is 11.6 Å². The predicted molar refractivity (Wildman–Crippen MR) is 40.6 cm³/mol. The van der Waals surface area contributed by atoms with Crippen LogP contribution in [0.25, 0.3) is 0 Å². The number of nitrogens with zero attached hydrogens (tertiary/aromatic N) is 1. The van der Waals surface area contributed by atoms with Crippen molar-refractivity contribution in [1.82, 2.24) is 4.98 Å². The number of rotatable bonds is 2. The average Bonchev–Trinajstić information content (AvgIpc) is 1.96. The third kappa shape index (κ3) is 2.30. The summed E-state index contributed by atoms with van der Waals surface area (Å²) in [4.78, 5) is 3.59. The van der Waals surface area contributed by atoms with Crippen molar-refractivity contribution in [3.8, 4) is 5.88 Å². The maximum absolute atomic E-state index is 11.6. The van der Waals surface area contributed by atoms with Gasteiger partial charge < -0.3 is 4.74 Å². The second-order valence-corrected chi connectivity index (χ2v) is 2.56. The van der Waals surface area contributed by atoms with Crippen molar-refractivity contribution < 1.29 is 13.5 Å². The first-order valence-electron chi connectivity index (χ1n) is 3.16. The summed E-state index contributed by atoms with van der Waals surface area (Å²) in [6.07, 6.45) is 1.38. The van der Waals surface area contributed by atoms with Crippen molar-refractivity contribution in [3.63, 3.8) is 0 Å². The van der Waals surface area contributed by atoms with Crippen molar-refractivity contribution in [3.05, 3.63) is 22.8 Å². The van der Waals surface area contributed by atoms with Crippen molar-refractivity contribution in [2.24, 2.45) is 0 Å². The smallest absolute Gasteiger partial charge is 0.388 e. The van der Waals surface area contributed by atoms with Crippen molar-refractivity contribution in [2.45, 2.75) is 13.5 Å². The minimum atomic E-state index is -2.86. The van der Waals surface area contributed by atoms with E-state index < -0.39 is 6.61 Å². The Bertz CT molecular complexity index is 280. The van der Waals surface area contributed by atoms with E-state index in [-0.39, 0.29) is 5.88 Å². The third-order valence-corrected chi connectivity index (χ3v) is 1.63. The van der Waals surface area contributed by atoms with Crippen molar-refractivity contribution in [1.29, 1.82) is 0 Å². The number of aromatic nitrogens is 1. The molecule has 1 heterocycles. The van der Waals surface area contributed by atoms with E-state index in [1.807, 2.05) is 0 Å². The van der Waals surface area contributed by atoms with Gasteiger partial charge in [0.2, 0.25) is 5.88 Å². The van der Waals surface area contributed by atoms with Crippen LogP contribution in [-0.4, -0.2) is 11.6 Å². The van der Waals surface area contributed by atoms with Crippen molar-refractivity contribution in [2.75, 3.05) is 0 Å². The minimum Gasteiger partial charge on any atom is -0.417 e. The van der Waals surface area contributed by atoms with Gasteiger partial charge >= 0.3 is 6.61 Å². The molecule has 0 spiro atoms. The van der Waals surface area contributed by atoms with E-state index in [1.165, 1.54) is 12.3 Å². The number of hydrogen-bond donors (Lipinski definition) is 0. The SMILES string of the molecule is Cc1cnc(OC(F)F)cc1Cl. The van der Waals surface area contributed by atoms with Gasteiger partial charge in [-0.05, 0) is 12.5 Å². The maximum atomic E-state index is 11.6. The summed E-state index contributed by atoms with van der Waals surface area (Å²) in [5.74, 6) is -0.166. The Labute approximate surface area is 73.1 Å². The third-order valence-electron chi connectivity index (χ3n) is 1.22. The van der Waals surface area contributed by atoms with E-state index in [2.05, 4.69) is 9.72 Å². The van der Waals surface area contributed by atoms with E-state index >= 15 is 0 Å². The Morgan fingerprint density at radius 3 is 2.75 bits per heavy atom. The summed E-state index contributed by atoms with van der Waals surface area (Å²) in [5, 5.41) is 0.362. The number of aryl methyl sites for hydroxylation is 1. The fourth-order valence-electron chi connectivity index (χ4n) is 0.637. The fraction of sp³-hybridized carbons (Fsp3) is 0.286. The van der Waals surface area contributed by atoms with Gasteiger partial charge in [0.25, 0.3) is 0 Å². The summed E-state index contributed by atoms with van der Waals surface area (Å²) in [5.41, 5.74) is 0.721. The molecule has 0 N–H and O–H groups in total. The van der Waals surface area contributed by atoms with Gasteiger partial charge in [0.1, 0.15) is 0 Å². The molecule has 1 aromatic heterocycles. The monoisotopic (exact) mass is 193 g/mol. The molecule has 0 aliphatic carbocycles. The summed E-state index contributed by atoms with van der Waals surface area (Å²) >= 11 is 5.63. The quantitative estimate of drug-likeness (QED) is 0.721. The van der Waals surface area contributed by atoms with E-state index in [0.717, 1.165) is 5.56 Å². The number of pyridine rings is 1. The van der Waals surface area contributed by atoms with Gasteiger partial charge in [-0.25, -0.2) is 4.98 Å². The van der Waals surface area contributed by atoms with Crippen LogP contribution in [0.3, 0.4) is 0 Å². The normalized spacial score (nSPS) is 10.4. The van der Waals surface area contributed by atoms with Crippen LogP contribution in [0.2, 0.25) is 5.02 Å². The Morgan fingerprint density at radius 1 is 1.58 bits per heavy atom. The zero-order chi connectivity index (χ0) is 9.14. The molecule has 12 heavy (non-hydrogen) atoms. The molecule has 0 bridgehead atoms. The number of hydrogen-bond acceptors (Lipinski definition) is 2. The van der Waals surface area contributed by atoms with Crippen LogP contribution >= 0.6 is 11.6 Å². The van der Waals surface area contributed by atoms with E-state index in [1.54, 1.807) is 6.92 Å². The summed E-state index contributed by atoms with van der Waals surface area (Å²) in [6, 6.07) is 1.25. The Kier molecular flexibility index (Phi) is 2.81. The molecule has 0 aromatic carbocycles. The zero-order valence-corrected chi connectivity index (χ0v) is 6.98. The van der Waals surface area contributed by atoms with E-state index in [9.17, 15) is 8.78 Å². The van der Waals surface area contributed by atoms with Crippen LogP contribution in [-0.2, 0) is 0 Å². The topological polar surface area (TPSA) is 22.1 Å². The van der Waals surface area contributed by atoms with Gasteiger partial charge in [0.05, 0.1) is 5.02 Å². The van der Waals surface area contributed by atoms with Gasteiger partial charge in [-0.3, -0.25) is 0 Å². The number of ether oxygens (including phenoxy) is 1. The molecule has 5 heteroatoms. The molecule has 0 unspecified atom stereocenters. The highest BCUT2D eigenvalue weighted by molar-refractivity contribution is 6.31. The van der Waals surface area contributed by atoms with Gasteiger partial charge in [0, 0.05) is 12.3 Å². The van der Waals surface area contributed by atoms with Crippen LogP contribution in [0.5, 0.6) is 5.88 Å². The predicted octanol–water partition coefficient (Wildman–Crippen LogP) is 2.64. The van der Waals surface area contributed by atoms with Gasteiger partial charge in [0.15, 0.2) is 0 Å². The largest absolute Gasteiger partial charge is 0.417 e. The Hall–Kier alpha value is -0.900. The summed E-state index contributed by atoms with van der Waals surface area (Å²) in [6.45, 7) is -1.14. The lowest BCUT2D eigenvalue weighted by molar-refractivity contribution is -0.0528. The van der Waals surface area contributed by atoms with E-state index in [0.29, 0.717) is 5.02 Å². The molecule has 1 aromatic rings. The molecule has 0 saturated carbocycles. The molecule has 2 nitrogen and oxygen atoms in total. The number of halogens is 3. The van der Waals surface area contributed by atoms with Crippen LogP contribution < -0.4 is 4.74 Å². The maximum Gasteiger partial charge on any atom is 0.388 e.